The third kappa shape index (κ3) is 4.94. The molecule has 0 N–H and O–H groups in total. The van der Waals surface area contributed by atoms with Gasteiger partial charge in [0.1, 0.15) is 5.82 Å². The lowest BCUT2D eigenvalue weighted by Crippen LogP contribution is -2.56. The molecule has 13 rings (SSSR count). The van der Waals surface area contributed by atoms with Crippen LogP contribution in [0.1, 0.15) is 52.7 Å². The first-order valence-electron chi connectivity index (χ1n) is 22.4. The van der Waals surface area contributed by atoms with Crippen molar-refractivity contribution in [2.45, 2.75) is 52.4 Å². The van der Waals surface area contributed by atoms with E-state index in [4.69, 9.17) is 0 Å². The van der Waals surface area contributed by atoms with Crippen LogP contribution in [0.2, 0.25) is 0 Å². The second-order valence-electron chi connectivity index (χ2n) is 19.8. The van der Waals surface area contributed by atoms with E-state index in [0.717, 1.165) is 11.4 Å². The molecule has 0 bridgehead atoms. The number of hydrogen-bond acceptors (Lipinski definition) is 1. The fraction of sp³-hybridized carbons (Fsp3) is 0.138. The van der Waals surface area contributed by atoms with Crippen LogP contribution in [0.25, 0.3) is 77.0 Å². The fourth-order valence-electron chi connectivity index (χ4n) is 11.2. The molecule has 0 spiro atoms. The fourth-order valence-corrected chi connectivity index (χ4v) is 11.2. The Kier molecular flexibility index (Phi) is 7.33. The topological polar surface area (TPSA) is 18.0 Å². The quantitative estimate of drug-likeness (QED) is 0.163. The van der Waals surface area contributed by atoms with Crippen molar-refractivity contribution in [3.8, 4) is 22.5 Å². The van der Waals surface area contributed by atoms with Gasteiger partial charge >= 0.3 is 6.85 Å². The average molecular weight is 811 g/mol. The van der Waals surface area contributed by atoms with E-state index in [-0.39, 0.29) is 17.7 Å². The number of nitrogens with zero attached hydrogens (tertiary/aromatic N) is 4. The molecule has 0 amide bonds. The van der Waals surface area contributed by atoms with Gasteiger partial charge in [0.15, 0.2) is 0 Å². The highest BCUT2D eigenvalue weighted by molar-refractivity contribution is 6.91. The van der Waals surface area contributed by atoms with Crippen LogP contribution in [-0.4, -0.2) is 20.5 Å². The first-order chi connectivity index (χ1) is 30.6. The van der Waals surface area contributed by atoms with Crippen LogP contribution in [0.15, 0.2) is 176 Å². The normalized spacial score (nSPS) is 13.5. The number of para-hydroxylation sites is 5. The molecule has 302 valence electrons. The van der Waals surface area contributed by atoms with E-state index in [0.29, 0.717) is 0 Å². The molecule has 5 heteroatoms. The number of anilines is 3. The summed E-state index contributed by atoms with van der Waals surface area (Å²) < 4.78 is 7.77. The summed E-state index contributed by atoms with van der Waals surface area (Å²) in [5.41, 5.74) is 18.8. The molecular weight excluding hydrogens is 763 g/mol. The van der Waals surface area contributed by atoms with Gasteiger partial charge in [0, 0.05) is 66.4 Å². The average Bonchev–Trinajstić information content (AvgIpc) is 3.94. The van der Waals surface area contributed by atoms with Crippen molar-refractivity contribution in [3.05, 3.63) is 187 Å². The van der Waals surface area contributed by atoms with Gasteiger partial charge in [0.2, 0.25) is 0 Å². The molecule has 0 unspecified atom stereocenters. The highest BCUT2D eigenvalue weighted by Crippen LogP contribution is 2.50. The molecule has 0 saturated heterocycles. The maximum Gasteiger partial charge on any atom is 0.335 e. The van der Waals surface area contributed by atoms with Gasteiger partial charge in [-0.05, 0) is 99.0 Å². The number of rotatable bonds is 3. The molecule has 0 atom stereocenters. The Morgan fingerprint density at radius 3 is 1.68 bits per heavy atom. The minimum atomic E-state index is -0.110. The van der Waals surface area contributed by atoms with E-state index >= 15 is 0 Å². The summed E-state index contributed by atoms with van der Waals surface area (Å²) in [4.78, 5) is 2.60. The summed E-state index contributed by atoms with van der Waals surface area (Å²) in [6.45, 7) is 13.9. The van der Waals surface area contributed by atoms with Gasteiger partial charge in [-0.3, -0.25) is 9.47 Å². The van der Waals surface area contributed by atoms with E-state index < -0.39 is 0 Å². The molecule has 0 radical (unpaired) electrons. The van der Waals surface area contributed by atoms with Crippen molar-refractivity contribution in [2.24, 2.45) is 0 Å². The predicted octanol–water partition coefficient (Wildman–Crippen LogP) is 13.8. The van der Waals surface area contributed by atoms with E-state index in [1.165, 1.54) is 105 Å². The Labute approximate surface area is 368 Å². The molecule has 0 fully saturated rings. The van der Waals surface area contributed by atoms with E-state index in [1.54, 1.807) is 0 Å². The minimum Gasteiger partial charge on any atom is -0.375 e. The molecule has 5 heterocycles. The van der Waals surface area contributed by atoms with Crippen LogP contribution in [0.4, 0.5) is 17.2 Å². The van der Waals surface area contributed by atoms with Gasteiger partial charge in [-0.15, -0.1) is 0 Å². The molecule has 4 nitrogen and oxygen atoms in total. The molecule has 63 heavy (non-hydrogen) atoms. The van der Waals surface area contributed by atoms with Crippen LogP contribution >= 0.6 is 0 Å². The lowest BCUT2D eigenvalue weighted by atomic mass is 9.45. The first-order valence-corrected chi connectivity index (χ1v) is 22.4. The second kappa shape index (κ2) is 12.7. The van der Waals surface area contributed by atoms with E-state index in [1.807, 2.05) is 0 Å². The van der Waals surface area contributed by atoms with Crippen molar-refractivity contribution >= 4 is 89.5 Å². The number of benzene rings is 8. The molecule has 8 aromatic carbocycles. The van der Waals surface area contributed by atoms with E-state index in [9.17, 15) is 0 Å². The van der Waals surface area contributed by atoms with Gasteiger partial charge in [-0.1, -0.05) is 157 Å². The zero-order valence-electron chi connectivity index (χ0n) is 36.6. The number of hydrogen-bond donors (Lipinski definition) is 0. The molecule has 0 saturated carbocycles. The third-order valence-electron chi connectivity index (χ3n) is 14.1. The minimum absolute atomic E-state index is 0.0309. The third-order valence-corrected chi connectivity index (χ3v) is 14.1. The Morgan fingerprint density at radius 2 is 1.00 bits per heavy atom. The maximum absolute atomic E-state index is 2.73. The summed E-state index contributed by atoms with van der Waals surface area (Å²) >= 11 is 0. The Bertz CT molecular complexity index is 3690. The molecule has 2 aliphatic rings. The molecule has 3 aromatic heterocycles. The van der Waals surface area contributed by atoms with Gasteiger partial charge in [0.05, 0.1) is 16.6 Å². The molecule has 2 aliphatic heterocycles. The zero-order chi connectivity index (χ0) is 42.5. The van der Waals surface area contributed by atoms with E-state index in [2.05, 4.69) is 236 Å². The summed E-state index contributed by atoms with van der Waals surface area (Å²) in [5.74, 6) is 1.19. The summed E-state index contributed by atoms with van der Waals surface area (Å²) in [5, 5.41) is 6.39. The Hall–Kier alpha value is -7.24. The Balaban J connectivity index is 1.24. The van der Waals surface area contributed by atoms with Crippen LogP contribution in [-0.2, 0) is 10.8 Å². The monoisotopic (exact) mass is 810 g/mol. The molecule has 11 aromatic rings. The van der Waals surface area contributed by atoms with Gasteiger partial charge in [0.25, 0.3) is 0 Å². The summed E-state index contributed by atoms with van der Waals surface area (Å²) in [6, 6.07) is 66.2. The number of aromatic nitrogens is 3. The molecule has 0 aliphatic carbocycles. The lowest BCUT2D eigenvalue weighted by Gasteiger charge is -2.41. The van der Waals surface area contributed by atoms with Gasteiger partial charge in [-0.25, -0.2) is 0 Å². The van der Waals surface area contributed by atoms with Crippen LogP contribution in [0.5, 0.6) is 0 Å². The maximum atomic E-state index is 2.73. The van der Waals surface area contributed by atoms with Crippen molar-refractivity contribution in [1.29, 1.82) is 0 Å². The largest absolute Gasteiger partial charge is 0.375 e. The zero-order valence-corrected chi connectivity index (χ0v) is 36.6. The molecular formula is C58H47BN4. The van der Waals surface area contributed by atoms with Crippen molar-refractivity contribution < 1.29 is 0 Å². The van der Waals surface area contributed by atoms with Crippen LogP contribution in [0, 0.1) is 0 Å². The van der Waals surface area contributed by atoms with Crippen molar-refractivity contribution in [3.63, 3.8) is 0 Å². The number of fused-ring (bicyclic) bond motifs is 13. The van der Waals surface area contributed by atoms with Gasteiger partial charge < -0.3 is 9.05 Å². The highest BCUT2D eigenvalue weighted by atomic mass is 15.3. The smallest absolute Gasteiger partial charge is 0.335 e. The first kappa shape index (κ1) is 36.4. The standard InChI is InChI=1S/C58H47BN4/c1-57(2,3)36-28-30-40(31-29-36)62-50-35-37(58(4,5)6)34-46-42-24-17-25-45-51-49(33-32-43-41-22-13-15-26-47(41)60(55(43)51)38-18-9-7-10-19-38)63(54(42)45)59(52(46)50)53-44-23-14-16-27-48(44)61(56(53)62)39-20-11-8-12-21-39/h7-35H,1-6H3. The SMILES string of the molecule is CC(C)(C)c1ccc(N2c3cc(C(C)(C)C)cc4c3B(c3c2n(-c2ccccc2)c2ccccc32)n2c3ccc5c6ccccc6n(-c6ccccc6)c5c3c3cccc-4c32)cc1. The van der Waals surface area contributed by atoms with Gasteiger partial charge in [-0.2, -0.15) is 0 Å². The summed E-state index contributed by atoms with van der Waals surface area (Å²) in [6.07, 6.45) is 0. The summed E-state index contributed by atoms with van der Waals surface area (Å²) in [7, 11) is 0. The van der Waals surface area contributed by atoms with Crippen LogP contribution < -0.4 is 15.8 Å². The van der Waals surface area contributed by atoms with Crippen molar-refractivity contribution in [2.75, 3.05) is 4.90 Å². The Morgan fingerprint density at radius 1 is 0.397 bits per heavy atom. The second-order valence-corrected chi connectivity index (χ2v) is 19.8. The predicted molar refractivity (Wildman–Crippen MR) is 269 cm³/mol. The van der Waals surface area contributed by atoms with Crippen molar-refractivity contribution in [1.82, 2.24) is 13.6 Å². The lowest BCUT2D eigenvalue weighted by molar-refractivity contribution is 0.590. The van der Waals surface area contributed by atoms with Crippen LogP contribution in [0.3, 0.4) is 0 Å². The highest BCUT2D eigenvalue weighted by Gasteiger charge is 2.47.